The molecule has 0 amide bonds. The number of ether oxygens (including phenoxy) is 1. The van der Waals surface area contributed by atoms with Crippen LogP contribution in [0.2, 0.25) is 0 Å². The van der Waals surface area contributed by atoms with Crippen LogP contribution in [-0.4, -0.2) is 21.8 Å². The number of hydrogen-bond acceptors (Lipinski definition) is 7. The molecule has 0 aliphatic carbocycles. The molecule has 32 heavy (non-hydrogen) atoms. The third-order valence-corrected chi connectivity index (χ3v) is 5.55. The summed E-state index contributed by atoms with van der Waals surface area (Å²) in [6.45, 7) is 1.53. The predicted octanol–water partition coefficient (Wildman–Crippen LogP) is 4.79. The molecule has 0 aliphatic heterocycles. The standard InChI is InChI=1S/C22H21N2O7P/c1-17(22(25)29-16-18-8-4-2-5-9-18)24(30-20-10-6-3-7-11-20)32(28)31-21-14-12-19(13-15-21)23(26)27/h2-15,17,32H,16H2,1H3. The molecule has 0 bridgehead atoms. The van der Waals surface area contributed by atoms with Crippen molar-refractivity contribution in [2.45, 2.75) is 19.6 Å². The van der Waals surface area contributed by atoms with Gasteiger partial charge in [0.2, 0.25) is 0 Å². The second-order valence-corrected chi connectivity index (χ2v) is 7.80. The Balaban J connectivity index is 1.73. The van der Waals surface area contributed by atoms with E-state index in [-0.39, 0.29) is 18.0 Å². The lowest BCUT2D eigenvalue weighted by atomic mass is 10.2. The van der Waals surface area contributed by atoms with E-state index in [0.717, 1.165) is 10.4 Å². The van der Waals surface area contributed by atoms with E-state index >= 15 is 0 Å². The lowest BCUT2D eigenvalue weighted by molar-refractivity contribution is -0.384. The average Bonchev–Trinajstić information content (AvgIpc) is 2.82. The minimum absolute atomic E-state index is 0.0489. The molecule has 10 heteroatoms. The fraction of sp³-hybridized carbons (Fsp3) is 0.136. The number of nitrogens with zero attached hydrogens (tertiary/aromatic N) is 2. The molecule has 9 nitrogen and oxygen atoms in total. The van der Waals surface area contributed by atoms with Crippen LogP contribution in [0.3, 0.4) is 0 Å². The normalized spacial score (nSPS) is 12.6. The first-order valence-corrected chi connectivity index (χ1v) is 10.9. The van der Waals surface area contributed by atoms with Gasteiger partial charge in [0.15, 0.2) is 6.04 Å². The SMILES string of the molecule is CC(C(=O)OCc1ccccc1)N(Oc1ccccc1)[PH](=O)Oc1ccc([N+](=O)[O-])cc1. The van der Waals surface area contributed by atoms with Gasteiger partial charge in [-0.1, -0.05) is 48.5 Å². The van der Waals surface area contributed by atoms with Crippen molar-refractivity contribution in [2.24, 2.45) is 0 Å². The Morgan fingerprint density at radius 2 is 1.56 bits per heavy atom. The summed E-state index contributed by atoms with van der Waals surface area (Å²) in [6.07, 6.45) is 0. The zero-order valence-corrected chi connectivity index (χ0v) is 18.1. The zero-order chi connectivity index (χ0) is 22.9. The van der Waals surface area contributed by atoms with E-state index in [4.69, 9.17) is 14.1 Å². The number of nitro groups is 1. The van der Waals surface area contributed by atoms with Crippen molar-refractivity contribution in [3.63, 3.8) is 0 Å². The summed E-state index contributed by atoms with van der Waals surface area (Å²) < 4.78 is 23.7. The van der Waals surface area contributed by atoms with Gasteiger partial charge < -0.3 is 14.1 Å². The molecule has 0 heterocycles. The van der Waals surface area contributed by atoms with Gasteiger partial charge in [-0.15, -0.1) is 0 Å². The molecule has 3 aromatic carbocycles. The second-order valence-electron chi connectivity index (χ2n) is 6.62. The van der Waals surface area contributed by atoms with Crippen molar-refractivity contribution < 1.29 is 28.4 Å². The Bertz CT molecular complexity index is 1060. The third-order valence-electron chi connectivity index (χ3n) is 4.30. The number of esters is 1. The number of carbonyl (C=O) groups excluding carboxylic acids is 1. The van der Waals surface area contributed by atoms with Crippen LogP contribution in [0.1, 0.15) is 12.5 Å². The topological polar surface area (TPSA) is 108 Å². The number of non-ortho nitro benzene ring substituents is 1. The summed E-state index contributed by atoms with van der Waals surface area (Å²) in [7, 11) is -3.15. The predicted molar refractivity (Wildman–Crippen MR) is 117 cm³/mol. The molecule has 2 unspecified atom stereocenters. The van der Waals surface area contributed by atoms with Crippen molar-refractivity contribution in [1.29, 1.82) is 0 Å². The molecule has 0 saturated heterocycles. The van der Waals surface area contributed by atoms with E-state index in [2.05, 4.69) is 0 Å². The van der Waals surface area contributed by atoms with Gasteiger partial charge in [0.25, 0.3) is 5.69 Å². The lowest BCUT2D eigenvalue weighted by Gasteiger charge is -2.26. The van der Waals surface area contributed by atoms with Crippen LogP contribution >= 0.6 is 8.18 Å². The Kier molecular flexibility index (Phi) is 7.96. The number of hydroxylamine groups is 1. The zero-order valence-electron chi connectivity index (χ0n) is 17.1. The van der Waals surface area contributed by atoms with Crippen LogP contribution in [-0.2, 0) is 20.7 Å². The molecular formula is C22H21N2O7P. The Hall–Kier alpha value is -3.68. The number of carbonyl (C=O) groups is 1. The third kappa shape index (κ3) is 6.41. The Morgan fingerprint density at radius 3 is 2.16 bits per heavy atom. The van der Waals surface area contributed by atoms with Gasteiger partial charge in [-0.25, -0.2) is 0 Å². The number of benzene rings is 3. The van der Waals surface area contributed by atoms with Crippen molar-refractivity contribution in [2.75, 3.05) is 0 Å². The molecule has 0 aliphatic rings. The van der Waals surface area contributed by atoms with Crippen LogP contribution in [0.25, 0.3) is 0 Å². The van der Waals surface area contributed by atoms with E-state index in [9.17, 15) is 19.5 Å². The maximum atomic E-state index is 13.0. The highest BCUT2D eigenvalue weighted by Crippen LogP contribution is 2.35. The van der Waals surface area contributed by atoms with Crippen LogP contribution in [0, 0.1) is 10.1 Å². The summed E-state index contributed by atoms with van der Waals surface area (Å²) in [6, 6.07) is 21.7. The maximum Gasteiger partial charge on any atom is 0.340 e. The van der Waals surface area contributed by atoms with E-state index in [0.29, 0.717) is 5.75 Å². The molecule has 0 aromatic heterocycles. The van der Waals surface area contributed by atoms with Gasteiger partial charge in [0.1, 0.15) is 18.1 Å². The summed E-state index contributed by atoms with van der Waals surface area (Å²) in [5.74, 6) is -0.178. The average molecular weight is 456 g/mol. The first-order chi connectivity index (χ1) is 15.4. The first kappa shape index (κ1) is 23.0. The number of rotatable bonds is 10. The van der Waals surface area contributed by atoms with Gasteiger partial charge >= 0.3 is 14.1 Å². The molecule has 0 fully saturated rings. The highest BCUT2D eigenvalue weighted by Gasteiger charge is 2.31. The molecule has 3 aromatic rings. The van der Waals surface area contributed by atoms with E-state index in [1.807, 2.05) is 30.3 Å². The molecular weight excluding hydrogens is 435 g/mol. The fourth-order valence-corrected chi connectivity index (χ4v) is 3.63. The highest BCUT2D eigenvalue weighted by atomic mass is 31.1. The van der Waals surface area contributed by atoms with Gasteiger partial charge in [0, 0.05) is 12.1 Å². The summed E-state index contributed by atoms with van der Waals surface area (Å²) in [5, 5.41) is 10.8. The van der Waals surface area contributed by atoms with Crippen LogP contribution in [0.5, 0.6) is 11.5 Å². The Labute approximate surface area is 185 Å². The van der Waals surface area contributed by atoms with E-state index in [1.165, 1.54) is 31.2 Å². The first-order valence-electron chi connectivity index (χ1n) is 9.63. The van der Waals surface area contributed by atoms with E-state index in [1.54, 1.807) is 30.3 Å². The van der Waals surface area contributed by atoms with Crippen LogP contribution < -0.4 is 9.36 Å². The lowest BCUT2D eigenvalue weighted by Crippen LogP contribution is -2.38. The molecule has 0 N–H and O–H groups in total. The summed E-state index contributed by atoms with van der Waals surface area (Å²) in [4.78, 5) is 29.5. The molecule has 3 rings (SSSR count). The van der Waals surface area contributed by atoms with Gasteiger partial charge in [-0.3, -0.25) is 19.5 Å². The fourth-order valence-electron chi connectivity index (χ4n) is 2.60. The van der Waals surface area contributed by atoms with Crippen molar-refractivity contribution in [3.05, 3.63) is 101 Å². The summed E-state index contributed by atoms with van der Waals surface area (Å²) >= 11 is 0. The number of para-hydroxylation sites is 1. The maximum absolute atomic E-state index is 13.0. The van der Waals surface area contributed by atoms with Crippen LogP contribution in [0.15, 0.2) is 84.9 Å². The highest BCUT2D eigenvalue weighted by molar-refractivity contribution is 7.36. The largest absolute Gasteiger partial charge is 0.460 e. The van der Waals surface area contributed by atoms with Gasteiger partial charge in [-0.05, 0) is 41.6 Å². The van der Waals surface area contributed by atoms with Crippen LogP contribution in [0.4, 0.5) is 5.69 Å². The van der Waals surface area contributed by atoms with Crippen molar-refractivity contribution in [3.8, 4) is 11.5 Å². The van der Waals surface area contributed by atoms with E-state index < -0.39 is 25.1 Å². The molecule has 0 spiro atoms. The quantitative estimate of drug-likeness (QED) is 0.185. The number of hydrogen-bond donors (Lipinski definition) is 0. The monoisotopic (exact) mass is 456 g/mol. The second kappa shape index (κ2) is 11.1. The van der Waals surface area contributed by atoms with Gasteiger partial charge in [0.05, 0.1) is 4.92 Å². The van der Waals surface area contributed by atoms with Crippen molar-refractivity contribution in [1.82, 2.24) is 4.83 Å². The molecule has 166 valence electrons. The minimum atomic E-state index is -3.15. The molecule has 2 atom stereocenters. The van der Waals surface area contributed by atoms with Crippen molar-refractivity contribution >= 4 is 19.8 Å². The van der Waals surface area contributed by atoms with Gasteiger partial charge in [-0.2, -0.15) is 0 Å². The smallest absolute Gasteiger partial charge is 0.340 e. The molecule has 0 radical (unpaired) electrons. The molecule has 0 saturated carbocycles. The number of nitro benzene ring substituents is 1. The minimum Gasteiger partial charge on any atom is -0.460 e. The summed E-state index contributed by atoms with van der Waals surface area (Å²) in [5.41, 5.74) is 0.672. The Morgan fingerprint density at radius 1 is 0.969 bits per heavy atom.